The Hall–Kier alpha value is -4.02. The molecule has 3 aromatic heterocycles. The zero-order valence-corrected chi connectivity index (χ0v) is 20.9. The summed E-state index contributed by atoms with van der Waals surface area (Å²) in [6, 6.07) is 6.23. The molecule has 10 nitrogen and oxygen atoms in total. The molecule has 1 amide bonds. The molecule has 1 saturated heterocycles. The van der Waals surface area contributed by atoms with E-state index in [0.29, 0.717) is 55.9 Å². The van der Waals surface area contributed by atoms with Crippen molar-refractivity contribution in [1.29, 1.82) is 0 Å². The minimum Gasteiger partial charge on any atom is -0.356 e. The van der Waals surface area contributed by atoms with Gasteiger partial charge in [-0.15, -0.1) is 0 Å². The second-order valence-electron chi connectivity index (χ2n) is 9.55. The summed E-state index contributed by atoms with van der Waals surface area (Å²) in [5, 5.41) is 7.45. The highest BCUT2D eigenvalue weighted by Crippen LogP contribution is 2.30. The number of H-pyrrole nitrogens is 1. The van der Waals surface area contributed by atoms with Gasteiger partial charge in [0.05, 0.1) is 17.8 Å². The van der Waals surface area contributed by atoms with Gasteiger partial charge in [0.1, 0.15) is 17.2 Å². The predicted molar refractivity (Wildman–Crippen MR) is 137 cm³/mol. The first-order chi connectivity index (χ1) is 17.9. The molecule has 194 valence electrons. The summed E-state index contributed by atoms with van der Waals surface area (Å²) < 4.78 is 18.4. The fourth-order valence-corrected chi connectivity index (χ4v) is 5.07. The molecule has 1 aliphatic rings. The Kier molecular flexibility index (Phi) is 6.77. The molecule has 0 spiro atoms. The number of benzene rings is 1. The summed E-state index contributed by atoms with van der Waals surface area (Å²) in [6.07, 6.45) is 5.70. The van der Waals surface area contributed by atoms with Gasteiger partial charge < -0.3 is 10.3 Å². The quantitative estimate of drug-likeness (QED) is 0.361. The van der Waals surface area contributed by atoms with Crippen molar-refractivity contribution in [2.45, 2.75) is 58.7 Å². The van der Waals surface area contributed by atoms with Gasteiger partial charge in [0, 0.05) is 38.2 Å². The number of amides is 1. The summed E-state index contributed by atoms with van der Waals surface area (Å²) in [5.41, 5.74) is 1.32. The van der Waals surface area contributed by atoms with E-state index in [-0.39, 0.29) is 40.4 Å². The topological polar surface area (TPSA) is 120 Å². The number of imidazole rings is 1. The van der Waals surface area contributed by atoms with Crippen LogP contribution in [0.1, 0.15) is 44.7 Å². The third-order valence-electron chi connectivity index (χ3n) is 6.86. The highest BCUT2D eigenvalue weighted by molar-refractivity contribution is 5.78. The maximum Gasteiger partial charge on any atom is 0.332 e. The van der Waals surface area contributed by atoms with E-state index in [2.05, 4.69) is 20.4 Å². The van der Waals surface area contributed by atoms with Gasteiger partial charge in [0.25, 0.3) is 5.56 Å². The van der Waals surface area contributed by atoms with Gasteiger partial charge in [0.15, 0.2) is 5.65 Å². The van der Waals surface area contributed by atoms with E-state index in [0.717, 1.165) is 12.0 Å². The van der Waals surface area contributed by atoms with Crippen LogP contribution in [0.15, 0.2) is 46.2 Å². The lowest BCUT2D eigenvalue weighted by Crippen LogP contribution is -2.40. The van der Waals surface area contributed by atoms with Crippen LogP contribution < -0.4 is 16.6 Å². The molecular formula is C26H30FN7O3. The fraction of sp³-hybridized carbons (Fsp3) is 0.423. The highest BCUT2D eigenvalue weighted by atomic mass is 19.1. The summed E-state index contributed by atoms with van der Waals surface area (Å²) >= 11 is 0. The normalized spacial score (nSPS) is 16.4. The molecule has 11 heteroatoms. The summed E-state index contributed by atoms with van der Waals surface area (Å²) in [6.45, 7) is 5.17. The molecule has 5 rings (SSSR count). The SMILES string of the molecule is CCCn1c(=O)c2[nH]c(-c3cnn(C(Cc4cccc(F)c4)C4CNC(=O)C4)c3)nc2n(CCC)c1=O. The van der Waals surface area contributed by atoms with Crippen molar-refractivity contribution in [3.05, 3.63) is 68.9 Å². The van der Waals surface area contributed by atoms with Crippen LogP contribution in [0.25, 0.3) is 22.6 Å². The van der Waals surface area contributed by atoms with E-state index in [1.807, 2.05) is 26.1 Å². The van der Waals surface area contributed by atoms with Crippen LogP contribution in [-0.4, -0.2) is 41.3 Å². The Morgan fingerprint density at radius 1 is 1.14 bits per heavy atom. The van der Waals surface area contributed by atoms with Crippen LogP contribution in [0.2, 0.25) is 0 Å². The lowest BCUT2D eigenvalue weighted by molar-refractivity contribution is -0.119. The summed E-state index contributed by atoms with van der Waals surface area (Å²) in [7, 11) is 0. The minimum absolute atomic E-state index is 0.0174. The molecule has 2 unspecified atom stereocenters. The molecule has 4 aromatic rings. The smallest absolute Gasteiger partial charge is 0.332 e. The van der Waals surface area contributed by atoms with Gasteiger partial charge in [0.2, 0.25) is 5.91 Å². The number of aromatic amines is 1. The number of rotatable bonds is 9. The van der Waals surface area contributed by atoms with Gasteiger partial charge in [-0.2, -0.15) is 5.10 Å². The highest BCUT2D eigenvalue weighted by Gasteiger charge is 2.31. The predicted octanol–water partition coefficient (Wildman–Crippen LogP) is 2.63. The third kappa shape index (κ3) is 4.73. The number of nitrogens with one attached hydrogen (secondary N) is 2. The largest absolute Gasteiger partial charge is 0.356 e. The van der Waals surface area contributed by atoms with Gasteiger partial charge in [-0.1, -0.05) is 26.0 Å². The molecule has 1 fully saturated rings. The average Bonchev–Trinajstić information content (AvgIpc) is 3.63. The number of aryl methyl sites for hydroxylation is 1. The zero-order valence-electron chi connectivity index (χ0n) is 20.9. The first-order valence-electron chi connectivity index (χ1n) is 12.7. The molecule has 0 bridgehead atoms. The van der Waals surface area contributed by atoms with Crippen LogP contribution in [0.5, 0.6) is 0 Å². The maximum absolute atomic E-state index is 13.9. The van der Waals surface area contributed by atoms with Crippen molar-refractivity contribution in [3.63, 3.8) is 0 Å². The van der Waals surface area contributed by atoms with Crippen molar-refractivity contribution < 1.29 is 9.18 Å². The summed E-state index contributed by atoms with van der Waals surface area (Å²) in [4.78, 5) is 45.8. The Morgan fingerprint density at radius 3 is 2.62 bits per heavy atom. The molecule has 0 radical (unpaired) electrons. The number of carbonyl (C=O) groups is 1. The second kappa shape index (κ2) is 10.2. The van der Waals surface area contributed by atoms with E-state index in [4.69, 9.17) is 0 Å². The molecule has 2 atom stereocenters. The molecule has 2 N–H and O–H groups in total. The van der Waals surface area contributed by atoms with Crippen LogP contribution in [-0.2, 0) is 24.3 Å². The average molecular weight is 508 g/mol. The van der Waals surface area contributed by atoms with Crippen molar-refractivity contribution in [2.24, 2.45) is 5.92 Å². The molecule has 1 aliphatic heterocycles. The summed E-state index contributed by atoms with van der Waals surface area (Å²) in [5.74, 6) is 0.0838. The number of hydrogen-bond donors (Lipinski definition) is 2. The number of aromatic nitrogens is 6. The second-order valence-corrected chi connectivity index (χ2v) is 9.55. The van der Waals surface area contributed by atoms with Crippen molar-refractivity contribution >= 4 is 17.1 Å². The standard InChI is InChI=1S/C26H30FN7O3/c1-3-8-32-24-22(25(36)33(9-4-2)26(32)37)30-23(31-24)18-14-29-34(15-18)20(17-12-21(35)28-13-17)11-16-6-5-7-19(27)10-16/h5-7,10,14-15,17,20H,3-4,8-9,11-13H2,1-2H3,(H,28,35)(H,30,31). The van der Waals surface area contributed by atoms with Crippen molar-refractivity contribution in [2.75, 3.05) is 6.54 Å². The van der Waals surface area contributed by atoms with Crippen LogP contribution in [0.3, 0.4) is 0 Å². The van der Waals surface area contributed by atoms with E-state index in [9.17, 15) is 18.8 Å². The molecule has 0 aliphatic carbocycles. The van der Waals surface area contributed by atoms with Gasteiger partial charge in [-0.3, -0.25) is 23.4 Å². The van der Waals surface area contributed by atoms with E-state index < -0.39 is 0 Å². The molecule has 0 saturated carbocycles. The van der Waals surface area contributed by atoms with Crippen molar-refractivity contribution in [1.82, 2.24) is 34.2 Å². The van der Waals surface area contributed by atoms with Crippen LogP contribution in [0, 0.1) is 11.7 Å². The fourth-order valence-electron chi connectivity index (χ4n) is 5.07. The first-order valence-corrected chi connectivity index (χ1v) is 12.7. The Morgan fingerprint density at radius 2 is 1.92 bits per heavy atom. The zero-order chi connectivity index (χ0) is 26.1. The molecular weight excluding hydrogens is 477 g/mol. The lowest BCUT2D eigenvalue weighted by atomic mass is 9.92. The van der Waals surface area contributed by atoms with Gasteiger partial charge in [-0.05, 0) is 37.0 Å². The maximum atomic E-state index is 13.9. The van der Waals surface area contributed by atoms with E-state index in [1.54, 1.807) is 21.5 Å². The Labute approximate surface area is 212 Å². The van der Waals surface area contributed by atoms with Crippen LogP contribution >= 0.6 is 0 Å². The molecule has 37 heavy (non-hydrogen) atoms. The van der Waals surface area contributed by atoms with Gasteiger partial charge in [-0.25, -0.2) is 14.2 Å². The van der Waals surface area contributed by atoms with E-state index in [1.165, 1.54) is 16.7 Å². The monoisotopic (exact) mass is 507 g/mol. The molecule has 4 heterocycles. The number of halogens is 1. The number of carbonyl (C=O) groups excluding carboxylic acids is 1. The van der Waals surface area contributed by atoms with Crippen LogP contribution in [0.4, 0.5) is 4.39 Å². The Balaban J connectivity index is 1.55. The minimum atomic E-state index is -0.389. The van der Waals surface area contributed by atoms with E-state index >= 15 is 0 Å². The lowest BCUT2D eigenvalue weighted by Gasteiger charge is -2.23. The number of nitrogens with zero attached hydrogens (tertiary/aromatic N) is 5. The Bertz CT molecular complexity index is 1560. The third-order valence-corrected chi connectivity index (χ3v) is 6.86. The number of hydrogen-bond acceptors (Lipinski definition) is 5. The number of fused-ring (bicyclic) bond motifs is 1. The van der Waals surface area contributed by atoms with Crippen molar-refractivity contribution in [3.8, 4) is 11.4 Å². The van der Waals surface area contributed by atoms with Gasteiger partial charge >= 0.3 is 5.69 Å². The molecule has 1 aromatic carbocycles. The first kappa shape index (κ1) is 24.7.